The molecule has 0 aromatic heterocycles. The lowest BCUT2D eigenvalue weighted by Gasteiger charge is -2.33. The van der Waals surface area contributed by atoms with Crippen molar-refractivity contribution in [3.05, 3.63) is 29.3 Å². The number of hydrogen-bond donors (Lipinski definition) is 2. The van der Waals surface area contributed by atoms with Crippen LogP contribution >= 0.6 is 0 Å². The predicted octanol–water partition coefficient (Wildman–Crippen LogP) is 1.30. The van der Waals surface area contributed by atoms with Gasteiger partial charge in [-0.3, -0.25) is 4.79 Å². The molecule has 1 fully saturated rings. The molecule has 6 heteroatoms. The summed E-state index contributed by atoms with van der Waals surface area (Å²) >= 11 is 0. The van der Waals surface area contributed by atoms with Gasteiger partial charge in [0.1, 0.15) is 11.3 Å². The lowest BCUT2D eigenvalue weighted by molar-refractivity contribution is -0.152. The van der Waals surface area contributed by atoms with Gasteiger partial charge in [-0.05, 0) is 13.0 Å². The SMILES string of the molecule is COc1ccc(C)cc1CC(=O)NC1(C(=O)O)CCOCC1. The average molecular weight is 307 g/mol. The Bertz CT molecular complexity index is 564. The Labute approximate surface area is 129 Å². The van der Waals surface area contributed by atoms with Crippen molar-refractivity contribution < 1.29 is 24.2 Å². The van der Waals surface area contributed by atoms with E-state index in [-0.39, 0.29) is 25.2 Å². The minimum absolute atomic E-state index is 0.0841. The fourth-order valence-corrected chi connectivity index (χ4v) is 2.64. The number of aliphatic carboxylic acids is 1. The zero-order chi connectivity index (χ0) is 16.2. The van der Waals surface area contributed by atoms with Crippen molar-refractivity contribution in [2.24, 2.45) is 0 Å². The summed E-state index contributed by atoms with van der Waals surface area (Å²) in [7, 11) is 1.54. The molecule has 0 atom stereocenters. The van der Waals surface area contributed by atoms with Gasteiger partial charge in [0, 0.05) is 31.6 Å². The van der Waals surface area contributed by atoms with Gasteiger partial charge in [-0.15, -0.1) is 0 Å². The molecule has 0 aliphatic carbocycles. The molecule has 0 unspecified atom stereocenters. The lowest BCUT2D eigenvalue weighted by atomic mass is 9.89. The van der Waals surface area contributed by atoms with Crippen LogP contribution in [0.5, 0.6) is 5.75 Å². The van der Waals surface area contributed by atoms with Crippen LogP contribution in [0.15, 0.2) is 18.2 Å². The van der Waals surface area contributed by atoms with Crippen molar-refractivity contribution in [2.45, 2.75) is 31.7 Å². The molecule has 2 N–H and O–H groups in total. The van der Waals surface area contributed by atoms with Gasteiger partial charge in [0.25, 0.3) is 0 Å². The van der Waals surface area contributed by atoms with E-state index in [9.17, 15) is 14.7 Å². The second kappa shape index (κ2) is 6.79. The molecule has 22 heavy (non-hydrogen) atoms. The molecule has 2 rings (SSSR count). The Morgan fingerprint density at radius 3 is 2.64 bits per heavy atom. The largest absolute Gasteiger partial charge is 0.496 e. The van der Waals surface area contributed by atoms with Crippen LogP contribution in [0.4, 0.5) is 0 Å². The summed E-state index contributed by atoms with van der Waals surface area (Å²) in [5.41, 5.74) is 0.530. The number of carbonyl (C=O) groups is 2. The molecular weight excluding hydrogens is 286 g/mol. The molecule has 1 heterocycles. The summed E-state index contributed by atoms with van der Waals surface area (Å²) in [6.45, 7) is 2.60. The third kappa shape index (κ3) is 3.57. The van der Waals surface area contributed by atoms with Gasteiger partial charge in [-0.1, -0.05) is 17.7 Å². The molecule has 0 spiro atoms. The Hall–Kier alpha value is -2.08. The fourth-order valence-electron chi connectivity index (χ4n) is 2.64. The van der Waals surface area contributed by atoms with Crippen LogP contribution in [0.25, 0.3) is 0 Å². The number of amides is 1. The highest BCUT2D eigenvalue weighted by molar-refractivity contribution is 5.88. The third-order valence-corrected chi connectivity index (χ3v) is 3.92. The number of nitrogens with one attached hydrogen (secondary N) is 1. The maximum Gasteiger partial charge on any atom is 0.329 e. The first kappa shape index (κ1) is 16.3. The summed E-state index contributed by atoms with van der Waals surface area (Å²) in [6, 6.07) is 5.58. The summed E-state index contributed by atoms with van der Waals surface area (Å²) in [5, 5.41) is 12.1. The van der Waals surface area contributed by atoms with Gasteiger partial charge in [0.15, 0.2) is 0 Å². The molecule has 6 nitrogen and oxygen atoms in total. The van der Waals surface area contributed by atoms with Gasteiger partial charge < -0.3 is 19.9 Å². The van der Waals surface area contributed by atoms with Crippen molar-refractivity contribution >= 4 is 11.9 Å². The summed E-state index contributed by atoms with van der Waals surface area (Å²) < 4.78 is 10.4. The topological polar surface area (TPSA) is 84.9 Å². The van der Waals surface area contributed by atoms with E-state index in [0.29, 0.717) is 19.0 Å². The first-order valence-corrected chi connectivity index (χ1v) is 7.22. The molecule has 120 valence electrons. The van der Waals surface area contributed by atoms with Crippen LogP contribution in [0.2, 0.25) is 0 Å². The second-order valence-electron chi connectivity index (χ2n) is 5.54. The molecule has 1 aliphatic rings. The number of benzene rings is 1. The highest BCUT2D eigenvalue weighted by atomic mass is 16.5. The monoisotopic (exact) mass is 307 g/mol. The Balaban J connectivity index is 2.12. The van der Waals surface area contributed by atoms with Crippen molar-refractivity contribution in [1.29, 1.82) is 0 Å². The molecule has 0 saturated carbocycles. The van der Waals surface area contributed by atoms with E-state index in [0.717, 1.165) is 11.1 Å². The van der Waals surface area contributed by atoms with E-state index in [4.69, 9.17) is 9.47 Å². The molecule has 1 aromatic rings. The normalized spacial score (nSPS) is 16.8. The minimum atomic E-state index is -1.23. The molecule has 0 radical (unpaired) electrons. The Morgan fingerprint density at radius 2 is 2.05 bits per heavy atom. The number of rotatable bonds is 5. The first-order valence-electron chi connectivity index (χ1n) is 7.22. The Morgan fingerprint density at radius 1 is 1.36 bits per heavy atom. The van der Waals surface area contributed by atoms with Crippen molar-refractivity contribution in [1.82, 2.24) is 5.32 Å². The smallest absolute Gasteiger partial charge is 0.329 e. The van der Waals surface area contributed by atoms with Crippen molar-refractivity contribution in [3.63, 3.8) is 0 Å². The lowest BCUT2D eigenvalue weighted by Crippen LogP contribution is -2.57. The number of ether oxygens (including phenoxy) is 2. The highest BCUT2D eigenvalue weighted by Crippen LogP contribution is 2.23. The van der Waals surface area contributed by atoms with Crippen LogP contribution < -0.4 is 10.1 Å². The van der Waals surface area contributed by atoms with Crippen LogP contribution in [-0.2, 0) is 20.7 Å². The van der Waals surface area contributed by atoms with Gasteiger partial charge in [-0.25, -0.2) is 4.79 Å². The third-order valence-electron chi connectivity index (χ3n) is 3.92. The van der Waals surface area contributed by atoms with Crippen LogP contribution in [-0.4, -0.2) is 42.8 Å². The van der Waals surface area contributed by atoms with E-state index >= 15 is 0 Å². The zero-order valence-corrected chi connectivity index (χ0v) is 12.8. The maximum atomic E-state index is 12.3. The van der Waals surface area contributed by atoms with Gasteiger partial charge in [0.2, 0.25) is 5.91 Å². The maximum absolute atomic E-state index is 12.3. The standard InChI is InChI=1S/C16H21NO5/c1-11-3-4-13(21-2)12(9-11)10-14(18)17-16(15(19)20)5-7-22-8-6-16/h3-4,9H,5-8,10H2,1-2H3,(H,17,18)(H,19,20). The predicted molar refractivity (Wildman–Crippen MR) is 80.0 cm³/mol. The van der Waals surface area contributed by atoms with Gasteiger partial charge in [0.05, 0.1) is 13.5 Å². The number of hydrogen-bond acceptors (Lipinski definition) is 4. The molecule has 1 aliphatic heterocycles. The second-order valence-corrected chi connectivity index (χ2v) is 5.54. The molecule has 1 aromatic carbocycles. The van der Waals surface area contributed by atoms with Crippen molar-refractivity contribution in [2.75, 3.05) is 20.3 Å². The molecule has 0 bridgehead atoms. The van der Waals surface area contributed by atoms with E-state index in [1.54, 1.807) is 13.2 Å². The molecular formula is C16H21NO5. The molecule has 1 amide bonds. The Kier molecular flexibility index (Phi) is 5.03. The number of aryl methyl sites for hydroxylation is 1. The van der Waals surface area contributed by atoms with E-state index in [1.807, 2.05) is 19.1 Å². The van der Waals surface area contributed by atoms with Crippen molar-refractivity contribution in [3.8, 4) is 5.75 Å². The highest BCUT2D eigenvalue weighted by Gasteiger charge is 2.41. The quantitative estimate of drug-likeness (QED) is 0.856. The average Bonchev–Trinajstić information content (AvgIpc) is 2.48. The number of carboxylic acid groups (broad SMARTS) is 1. The van der Waals surface area contributed by atoms with Gasteiger partial charge in [-0.2, -0.15) is 0 Å². The van der Waals surface area contributed by atoms with Crippen LogP contribution in [0.3, 0.4) is 0 Å². The van der Waals surface area contributed by atoms with E-state index in [2.05, 4.69) is 5.32 Å². The summed E-state index contributed by atoms with van der Waals surface area (Å²) in [4.78, 5) is 23.8. The molecule has 1 saturated heterocycles. The minimum Gasteiger partial charge on any atom is -0.496 e. The first-order chi connectivity index (χ1) is 10.5. The number of methoxy groups -OCH3 is 1. The van der Waals surface area contributed by atoms with Crippen LogP contribution in [0.1, 0.15) is 24.0 Å². The number of carbonyl (C=O) groups excluding carboxylic acids is 1. The summed E-state index contributed by atoms with van der Waals surface area (Å²) in [5.74, 6) is -0.717. The number of carboxylic acids is 1. The van der Waals surface area contributed by atoms with E-state index < -0.39 is 11.5 Å². The fraction of sp³-hybridized carbons (Fsp3) is 0.500. The van der Waals surface area contributed by atoms with Crippen LogP contribution in [0, 0.1) is 6.92 Å². The van der Waals surface area contributed by atoms with E-state index in [1.165, 1.54) is 0 Å². The zero-order valence-electron chi connectivity index (χ0n) is 12.8. The van der Waals surface area contributed by atoms with Gasteiger partial charge >= 0.3 is 5.97 Å². The summed E-state index contributed by atoms with van der Waals surface area (Å²) in [6.07, 6.45) is 0.638.